The standard InChI is InChI=1S/C28H32FN7O2/c1-18-9-10-20-16-22(28(37)30-25(20)19(18)2)26(27-31-32-33-36(27)17-21-6-5-15-38-21)35-13-11-34(12-14-35)24-8-4-3-7-23(24)29/h3-4,7-10,16,21,26H,5-6,11-15,17H2,1-2H3,(H,30,37)/t21-,26-/m0/s1. The van der Waals surface area contributed by atoms with E-state index >= 15 is 0 Å². The molecule has 4 aromatic rings. The minimum Gasteiger partial charge on any atom is -0.376 e. The van der Waals surface area contributed by atoms with Gasteiger partial charge in [-0.25, -0.2) is 9.07 Å². The van der Waals surface area contributed by atoms with E-state index in [9.17, 15) is 9.18 Å². The number of fused-ring (bicyclic) bond motifs is 1. The summed E-state index contributed by atoms with van der Waals surface area (Å²) in [5.41, 5.74) is 4.08. The lowest BCUT2D eigenvalue weighted by Crippen LogP contribution is -2.49. The van der Waals surface area contributed by atoms with Crippen molar-refractivity contribution in [1.82, 2.24) is 30.1 Å². The number of hydrogen-bond acceptors (Lipinski definition) is 7. The van der Waals surface area contributed by atoms with Gasteiger partial charge in [-0.3, -0.25) is 9.69 Å². The molecule has 0 amide bonds. The number of nitrogens with zero attached hydrogens (tertiary/aromatic N) is 6. The van der Waals surface area contributed by atoms with Crippen molar-refractivity contribution in [3.8, 4) is 0 Å². The van der Waals surface area contributed by atoms with Gasteiger partial charge < -0.3 is 14.6 Å². The normalized spacial score (nSPS) is 19.3. The number of aromatic nitrogens is 5. The number of rotatable bonds is 6. The molecule has 0 aliphatic carbocycles. The van der Waals surface area contributed by atoms with Crippen LogP contribution in [0.25, 0.3) is 10.9 Å². The number of H-pyrrole nitrogens is 1. The first-order chi connectivity index (χ1) is 18.5. The third-order valence-electron chi connectivity index (χ3n) is 7.95. The summed E-state index contributed by atoms with van der Waals surface area (Å²) in [7, 11) is 0. The highest BCUT2D eigenvalue weighted by Gasteiger charge is 2.34. The zero-order valence-corrected chi connectivity index (χ0v) is 21.7. The second kappa shape index (κ2) is 10.3. The lowest BCUT2D eigenvalue weighted by atomic mass is 9.99. The van der Waals surface area contributed by atoms with Crippen LogP contribution in [0.5, 0.6) is 0 Å². The number of aromatic amines is 1. The van der Waals surface area contributed by atoms with Crippen molar-refractivity contribution in [2.75, 3.05) is 37.7 Å². The van der Waals surface area contributed by atoms with Crippen molar-refractivity contribution >= 4 is 16.6 Å². The third-order valence-corrected chi connectivity index (χ3v) is 7.95. The largest absolute Gasteiger partial charge is 0.376 e. The van der Waals surface area contributed by atoms with Gasteiger partial charge in [-0.1, -0.05) is 24.3 Å². The first-order valence-corrected chi connectivity index (χ1v) is 13.2. The summed E-state index contributed by atoms with van der Waals surface area (Å²) >= 11 is 0. The number of anilines is 1. The Morgan fingerprint density at radius 1 is 1.13 bits per heavy atom. The molecular formula is C28H32FN7O2. The molecule has 10 heteroatoms. The fourth-order valence-corrected chi connectivity index (χ4v) is 5.69. The van der Waals surface area contributed by atoms with Crippen molar-refractivity contribution in [3.05, 3.63) is 81.2 Å². The van der Waals surface area contributed by atoms with Crippen molar-refractivity contribution < 1.29 is 9.13 Å². The zero-order valence-electron chi connectivity index (χ0n) is 21.7. The second-order valence-electron chi connectivity index (χ2n) is 10.3. The number of piperazine rings is 1. The van der Waals surface area contributed by atoms with Gasteiger partial charge in [0, 0.05) is 38.3 Å². The maximum Gasteiger partial charge on any atom is 0.253 e. The molecule has 2 aliphatic rings. The average Bonchev–Trinajstić information content (AvgIpc) is 3.61. The Hall–Kier alpha value is -3.63. The average molecular weight is 518 g/mol. The van der Waals surface area contributed by atoms with Crippen molar-refractivity contribution in [1.29, 1.82) is 0 Å². The summed E-state index contributed by atoms with van der Waals surface area (Å²) in [6, 6.07) is 12.5. The number of para-hydroxylation sites is 1. The van der Waals surface area contributed by atoms with E-state index in [4.69, 9.17) is 4.74 Å². The van der Waals surface area contributed by atoms with Crippen LogP contribution >= 0.6 is 0 Å². The molecule has 0 radical (unpaired) electrons. The van der Waals surface area contributed by atoms with Gasteiger partial charge in [-0.05, 0) is 71.8 Å². The van der Waals surface area contributed by atoms with Crippen LogP contribution in [0.3, 0.4) is 0 Å². The Morgan fingerprint density at radius 2 is 1.95 bits per heavy atom. The van der Waals surface area contributed by atoms with Crippen LogP contribution in [-0.2, 0) is 11.3 Å². The minimum absolute atomic E-state index is 0.0521. The highest BCUT2D eigenvalue weighted by atomic mass is 19.1. The lowest BCUT2D eigenvalue weighted by Gasteiger charge is -2.39. The molecule has 2 atom stereocenters. The molecule has 9 nitrogen and oxygen atoms in total. The monoisotopic (exact) mass is 517 g/mol. The summed E-state index contributed by atoms with van der Waals surface area (Å²) < 4.78 is 22.1. The highest BCUT2D eigenvalue weighted by Crippen LogP contribution is 2.30. The van der Waals surface area contributed by atoms with Crippen LogP contribution in [0.15, 0.2) is 47.3 Å². The van der Waals surface area contributed by atoms with E-state index in [1.807, 2.05) is 38.1 Å². The van der Waals surface area contributed by atoms with Gasteiger partial charge in [0.25, 0.3) is 5.56 Å². The van der Waals surface area contributed by atoms with Gasteiger partial charge in [-0.15, -0.1) is 5.10 Å². The van der Waals surface area contributed by atoms with E-state index in [2.05, 4.69) is 36.4 Å². The van der Waals surface area contributed by atoms with Crippen LogP contribution in [0.4, 0.5) is 10.1 Å². The van der Waals surface area contributed by atoms with Gasteiger partial charge in [0.1, 0.15) is 11.9 Å². The van der Waals surface area contributed by atoms with E-state index in [-0.39, 0.29) is 17.5 Å². The molecule has 2 fully saturated rings. The molecule has 0 unspecified atom stereocenters. The van der Waals surface area contributed by atoms with Crippen LogP contribution in [-0.4, -0.2) is 69.0 Å². The van der Waals surface area contributed by atoms with Crippen LogP contribution in [0.2, 0.25) is 0 Å². The van der Waals surface area contributed by atoms with Crippen molar-refractivity contribution in [2.24, 2.45) is 0 Å². The summed E-state index contributed by atoms with van der Waals surface area (Å²) in [4.78, 5) is 21.0. The van der Waals surface area contributed by atoms with E-state index < -0.39 is 6.04 Å². The Balaban J connectivity index is 1.38. The number of ether oxygens (including phenoxy) is 1. The molecule has 6 rings (SSSR count). The first-order valence-electron chi connectivity index (χ1n) is 13.2. The Labute approximate surface area is 220 Å². The van der Waals surface area contributed by atoms with Gasteiger partial charge >= 0.3 is 0 Å². The topological polar surface area (TPSA) is 92.2 Å². The SMILES string of the molecule is Cc1ccc2cc([C@@H](c3nnnn3C[C@@H]3CCCO3)N3CCN(c4ccccc4F)CC3)c(=O)[nH]c2c1C. The molecule has 2 saturated heterocycles. The number of nitrogens with one attached hydrogen (secondary N) is 1. The number of tetrazole rings is 1. The van der Waals surface area contributed by atoms with Crippen LogP contribution < -0.4 is 10.5 Å². The van der Waals surface area contributed by atoms with Crippen LogP contribution in [0, 0.1) is 19.7 Å². The molecular weight excluding hydrogens is 485 g/mol. The highest BCUT2D eigenvalue weighted by molar-refractivity contribution is 5.83. The predicted octanol–water partition coefficient (Wildman–Crippen LogP) is 3.36. The number of hydrogen-bond donors (Lipinski definition) is 1. The molecule has 0 saturated carbocycles. The Bertz CT molecular complexity index is 1500. The molecule has 0 spiro atoms. The number of halogens is 1. The van der Waals surface area contributed by atoms with Gasteiger partial charge in [0.15, 0.2) is 5.82 Å². The lowest BCUT2D eigenvalue weighted by molar-refractivity contribution is 0.0906. The molecule has 2 aromatic heterocycles. The van der Waals surface area contributed by atoms with Crippen LogP contribution in [0.1, 0.15) is 41.4 Å². The van der Waals surface area contributed by atoms with Gasteiger partial charge in [0.2, 0.25) is 0 Å². The van der Waals surface area contributed by atoms with E-state index in [1.165, 1.54) is 6.07 Å². The zero-order chi connectivity index (χ0) is 26.2. The maximum atomic E-state index is 14.5. The van der Waals surface area contributed by atoms with Crippen molar-refractivity contribution in [2.45, 2.75) is 45.4 Å². The predicted molar refractivity (Wildman–Crippen MR) is 143 cm³/mol. The van der Waals surface area contributed by atoms with Gasteiger partial charge in [-0.2, -0.15) is 0 Å². The molecule has 4 heterocycles. The fourth-order valence-electron chi connectivity index (χ4n) is 5.69. The first kappa shape index (κ1) is 24.7. The minimum atomic E-state index is -0.455. The molecule has 2 aliphatic heterocycles. The maximum absolute atomic E-state index is 14.5. The second-order valence-corrected chi connectivity index (χ2v) is 10.3. The Kier molecular flexibility index (Phi) is 6.67. The molecule has 198 valence electrons. The summed E-state index contributed by atoms with van der Waals surface area (Å²) in [6.07, 6.45) is 2.03. The van der Waals surface area contributed by atoms with E-state index in [1.54, 1.807) is 10.7 Å². The summed E-state index contributed by atoms with van der Waals surface area (Å²) in [5.74, 6) is 0.392. The number of pyridine rings is 1. The smallest absolute Gasteiger partial charge is 0.253 e. The van der Waals surface area contributed by atoms with E-state index in [0.29, 0.717) is 49.8 Å². The fraction of sp³-hybridized carbons (Fsp3) is 0.429. The Morgan fingerprint density at radius 3 is 2.71 bits per heavy atom. The number of aryl methyl sites for hydroxylation is 2. The summed E-state index contributed by atoms with van der Waals surface area (Å²) in [5, 5.41) is 13.7. The molecule has 0 bridgehead atoms. The molecule has 1 N–H and O–H groups in total. The van der Waals surface area contributed by atoms with E-state index in [0.717, 1.165) is 41.5 Å². The molecule has 2 aromatic carbocycles. The molecule has 38 heavy (non-hydrogen) atoms. The number of benzene rings is 2. The third kappa shape index (κ3) is 4.58. The van der Waals surface area contributed by atoms with Crippen molar-refractivity contribution in [3.63, 3.8) is 0 Å². The van der Waals surface area contributed by atoms with Gasteiger partial charge in [0.05, 0.1) is 23.9 Å². The quantitative estimate of drug-likeness (QED) is 0.419. The summed E-state index contributed by atoms with van der Waals surface area (Å²) in [6.45, 7) is 7.83.